The maximum atomic E-state index is 12.9. The number of methoxy groups -OCH3 is 1. The summed E-state index contributed by atoms with van der Waals surface area (Å²) in [6.07, 6.45) is 2.49. The monoisotopic (exact) mass is 376 g/mol. The summed E-state index contributed by atoms with van der Waals surface area (Å²) >= 11 is 0. The van der Waals surface area contributed by atoms with Crippen molar-refractivity contribution in [1.29, 1.82) is 0 Å². The Morgan fingerprint density at radius 1 is 1.11 bits per heavy atom. The van der Waals surface area contributed by atoms with E-state index in [1.54, 1.807) is 11.7 Å². The van der Waals surface area contributed by atoms with E-state index in [0.717, 1.165) is 27.8 Å². The minimum atomic E-state index is -0.236. The molecule has 0 radical (unpaired) electrons. The molecule has 0 bridgehead atoms. The fourth-order valence-corrected chi connectivity index (χ4v) is 3.66. The molecule has 0 aliphatic carbocycles. The van der Waals surface area contributed by atoms with E-state index in [2.05, 4.69) is 37.5 Å². The van der Waals surface area contributed by atoms with E-state index in [1.165, 1.54) is 5.56 Å². The zero-order valence-corrected chi connectivity index (χ0v) is 17.3. The third-order valence-electron chi connectivity index (χ3n) is 5.09. The van der Waals surface area contributed by atoms with Crippen LogP contribution in [0.4, 0.5) is 0 Å². The topological polar surface area (TPSA) is 44.1 Å². The number of nitrogens with zero attached hydrogens (tertiary/aromatic N) is 2. The molecule has 0 N–H and O–H groups in total. The molecular weight excluding hydrogens is 348 g/mol. The van der Waals surface area contributed by atoms with E-state index >= 15 is 0 Å². The minimum absolute atomic E-state index is 0.00448. The van der Waals surface area contributed by atoms with Gasteiger partial charge < -0.3 is 4.74 Å². The maximum absolute atomic E-state index is 12.9. The largest absolute Gasteiger partial charge is 0.496 e. The first kappa shape index (κ1) is 19.9. The molecule has 3 rings (SSSR count). The molecule has 0 amide bonds. The van der Waals surface area contributed by atoms with Gasteiger partial charge in [0.1, 0.15) is 5.75 Å². The van der Waals surface area contributed by atoms with E-state index in [4.69, 9.17) is 4.74 Å². The molecule has 1 heterocycles. The van der Waals surface area contributed by atoms with Crippen LogP contribution in [0.1, 0.15) is 50.8 Å². The Balaban J connectivity index is 2.43. The van der Waals surface area contributed by atoms with Gasteiger partial charge in [-0.1, -0.05) is 44.2 Å². The van der Waals surface area contributed by atoms with Crippen LogP contribution in [0.5, 0.6) is 5.75 Å². The lowest BCUT2D eigenvalue weighted by Crippen LogP contribution is -2.26. The number of rotatable bonds is 6. The molecule has 2 aromatic carbocycles. The van der Waals surface area contributed by atoms with E-state index in [-0.39, 0.29) is 11.7 Å². The lowest BCUT2D eigenvalue weighted by atomic mass is 9.96. The van der Waals surface area contributed by atoms with Crippen LogP contribution >= 0.6 is 0 Å². The highest BCUT2D eigenvalue weighted by molar-refractivity contribution is 5.96. The van der Waals surface area contributed by atoms with Gasteiger partial charge in [-0.15, -0.1) is 6.58 Å². The first-order valence-corrected chi connectivity index (χ1v) is 9.72. The van der Waals surface area contributed by atoms with Gasteiger partial charge in [0, 0.05) is 22.6 Å². The molecule has 0 saturated carbocycles. The summed E-state index contributed by atoms with van der Waals surface area (Å²) in [6.45, 7) is 12.2. The molecule has 1 aromatic heterocycles. The summed E-state index contributed by atoms with van der Waals surface area (Å²) in [5.74, 6) is 1.23. The third-order valence-corrected chi connectivity index (χ3v) is 5.09. The molecule has 0 atom stereocenters. The molecule has 0 fully saturated rings. The van der Waals surface area contributed by atoms with Gasteiger partial charge in [-0.05, 0) is 43.9 Å². The second-order valence-corrected chi connectivity index (χ2v) is 7.62. The Bertz CT molecular complexity index is 1060. The van der Waals surface area contributed by atoms with Crippen LogP contribution in [0, 0.1) is 0 Å². The van der Waals surface area contributed by atoms with Crippen LogP contribution in [-0.2, 0) is 6.42 Å². The van der Waals surface area contributed by atoms with Crippen LogP contribution < -0.4 is 10.4 Å². The fourth-order valence-electron chi connectivity index (χ4n) is 3.66. The highest BCUT2D eigenvalue weighted by Crippen LogP contribution is 2.35. The number of ether oxygens (including phenoxy) is 1. The number of fused-ring (bicyclic) bond motifs is 1. The van der Waals surface area contributed by atoms with Crippen molar-refractivity contribution < 1.29 is 4.74 Å². The molecule has 4 nitrogen and oxygen atoms in total. The van der Waals surface area contributed by atoms with Gasteiger partial charge in [-0.2, -0.15) is 4.98 Å². The van der Waals surface area contributed by atoms with Crippen molar-refractivity contribution in [1.82, 2.24) is 9.55 Å². The van der Waals surface area contributed by atoms with Crippen molar-refractivity contribution in [2.75, 3.05) is 7.11 Å². The summed E-state index contributed by atoms with van der Waals surface area (Å²) in [4.78, 5) is 17.4. The summed E-state index contributed by atoms with van der Waals surface area (Å²) < 4.78 is 7.36. The first-order valence-electron chi connectivity index (χ1n) is 9.72. The Hall–Kier alpha value is -2.88. The van der Waals surface area contributed by atoms with E-state index < -0.39 is 0 Å². The van der Waals surface area contributed by atoms with Gasteiger partial charge in [-0.3, -0.25) is 4.57 Å². The second kappa shape index (κ2) is 8.01. The lowest BCUT2D eigenvalue weighted by molar-refractivity contribution is 0.411. The smallest absolute Gasteiger partial charge is 0.348 e. The van der Waals surface area contributed by atoms with Crippen LogP contribution in [0.2, 0.25) is 0 Å². The average molecular weight is 377 g/mol. The van der Waals surface area contributed by atoms with Gasteiger partial charge in [0.2, 0.25) is 0 Å². The fraction of sp³-hybridized carbons (Fsp3) is 0.333. The zero-order valence-electron chi connectivity index (χ0n) is 17.3. The van der Waals surface area contributed by atoms with E-state index in [9.17, 15) is 4.79 Å². The quantitative estimate of drug-likeness (QED) is 0.533. The third kappa shape index (κ3) is 3.47. The maximum Gasteiger partial charge on any atom is 0.348 e. The molecule has 28 heavy (non-hydrogen) atoms. The minimum Gasteiger partial charge on any atom is -0.496 e. The average Bonchev–Trinajstić information content (AvgIpc) is 2.67. The standard InChI is InChI=1S/C24H28N2O2/c1-7-8-19-21(28-6)14-13-20-22(19)23(25-24(27)26(20)16(4)5)18-11-9-17(10-12-18)15(2)3/h7,9-16H,1,8H2,2-6H3. The van der Waals surface area contributed by atoms with Crippen LogP contribution in [0.15, 0.2) is 53.8 Å². The number of hydrogen-bond acceptors (Lipinski definition) is 3. The molecule has 146 valence electrons. The number of allylic oxidation sites excluding steroid dienone is 1. The Labute approximate surface area is 166 Å². The van der Waals surface area contributed by atoms with E-state index in [0.29, 0.717) is 18.0 Å². The molecule has 0 saturated heterocycles. The molecule has 3 aromatic rings. The SMILES string of the molecule is C=CCc1c(OC)ccc2c1c(-c1ccc(C(C)C)cc1)nc(=O)n2C(C)C. The second-order valence-electron chi connectivity index (χ2n) is 7.62. The van der Waals surface area contributed by atoms with Gasteiger partial charge in [-0.25, -0.2) is 4.79 Å². The van der Waals surface area contributed by atoms with Gasteiger partial charge in [0.15, 0.2) is 0 Å². The normalized spacial score (nSPS) is 11.4. The molecule has 0 unspecified atom stereocenters. The zero-order chi connectivity index (χ0) is 20.4. The predicted molar refractivity (Wildman–Crippen MR) is 116 cm³/mol. The molecule has 0 spiro atoms. The predicted octanol–water partition coefficient (Wildman–Crippen LogP) is 5.50. The van der Waals surface area contributed by atoms with Crippen LogP contribution in [0.25, 0.3) is 22.2 Å². The van der Waals surface area contributed by atoms with Crippen molar-refractivity contribution >= 4 is 10.9 Å². The number of benzene rings is 2. The Morgan fingerprint density at radius 3 is 2.32 bits per heavy atom. The summed E-state index contributed by atoms with van der Waals surface area (Å²) in [7, 11) is 1.66. The van der Waals surface area contributed by atoms with Crippen molar-refractivity contribution in [2.45, 2.75) is 46.1 Å². The van der Waals surface area contributed by atoms with E-state index in [1.807, 2.05) is 44.2 Å². The number of hydrogen-bond donors (Lipinski definition) is 0. The van der Waals surface area contributed by atoms with Crippen molar-refractivity contribution in [3.05, 3.63) is 70.7 Å². The lowest BCUT2D eigenvalue weighted by Gasteiger charge is -2.19. The summed E-state index contributed by atoms with van der Waals surface area (Å²) in [5.41, 5.74) is 4.52. The summed E-state index contributed by atoms with van der Waals surface area (Å²) in [6, 6.07) is 12.2. The molecular formula is C24H28N2O2. The highest BCUT2D eigenvalue weighted by Gasteiger charge is 2.19. The molecule has 0 aliphatic rings. The molecule has 4 heteroatoms. The summed E-state index contributed by atoms with van der Waals surface area (Å²) in [5, 5.41) is 0.949. The van der Waals surface area contributed by atoms with Crippen LogP contribution in [-0.4, -0.2) is 16.7 Å². The van der Waals surface area contributed by atoms with Crippen molar-refractivity contribution in [3.63, 3.8) is 0 Å². The van der Waals surface area contributed by atoms with Crippen molar-refractivity contribution in [2.24, 2.45) is 0 Å². The first-order chi connectivity index (χ1) is 13.4. The number of aromatic nitrogens is 2. The van der Waals surface area contributed by atoms with Gasteiger partial charge in [0.25, 0.3) is 0 Å². The molecule has 0 aliphatic heterocycles. The van der Waals surface area contributed by atoms with Gasteiger partial charge >= 0.3 is 5.69 Å². The van der Waals surface area contributed by atoms with Crippen LogP contribution in [0.3, 0.4) is 0 Å². The van der Waals surface area contributed by atoms with Gasteiger partial charge in [0.05, 0.1) is 18.3 Å². The van der Waals surface area contributed by atoms with Crippen molar-refractivity contribution in [3.8, 4) is 17.0 Å². The Kier molecular flexibility index (Phi) is 5.68. The highest BCUT2D eigenvalue weighted by atomic mass is 16.5. The Morgan fingerprint density at radius 2 is 1.79 bits per heavy atom.